The van der Waals surface area contributed by atoms with Crippen molar-refractivity contribution in [3.8, 4) is 34.0 Å². The van der Waals surface area contributed by atoms with Crippen molar-refractivity contribution in [1.82, 2.24) is 19.1 Å². The van der Waals surface area contributed by atoms with Crippen molar-refractivity contribution in [2.45, 2.75) is 9.79 Å². The van der Waals surface area contributed by atoms with Crippen LogP contribution >= 0.6 is 11.8 Å². The number of para-hydroxylation sites is 3. The molecule has 1 aliphatic rings. The molecule has 0 fully saturated rings. The Kier molecular flexibility index (Phi) is 5.96. The predicted molar refractivity (Wildman–Crippen MR) is 221 cm³/mol. The van der Waals surface area contributed by atoms with Crippen LogP contribution in [-0.4, -0.2) is 19.1 Å². The Morgan fingerprint density at radius 2 is 1.06 bits per heavy atom. The molecule has 5 heteroatoms. The molecule has 12 rings (SSSR count). The predicted octanol–water partition coefficient (Wildman–Crippen LogP) is 12.8. The SMILES string of the molecule is c1ccc(-n2c3ccccc3c3cc(-c4cccc5c4ccc4c6ccccc6n(-c6nc7c8c(cccc8n6)Sc6ccccc6-7)c54)ccc32)cc1. The summed E-state index contributed by atoms with van der Waals surface area (Å²) in [6.45, 7) is 0. The number of rotatable bonds is 3. The molecule has 0 N–H and O–H groups in total. The molecule has 0 saturated carbocycles. The van der Waals surface area contributed by atoms with Crippen molar-refractivity contribution in [2.75, 3.05) is 0 Å². The zero-order valence-electron chi connectivity index (χ0n) is 28.4. The van der Waals surface area contributed by atoms with E-state index >= 15 is 0 Å². The minimum atomic E-state index is 0.686. The molecular weight excluding hydrogens is 665 g/mol. The van der Waals surface area contributed by atoms with Crippen LogP contribution in [0, 0.1) is 0 Å². The lowest BCUT2D eigenvalue weighted by atomic mass is 9.95. The van der Waals surface area contributed by atoms with Gasteiger partial charge in [-0.2, -0.15) is 0 Å². The average Bonchev–Trinajstić information content (AvgIpc) is 3.74. The Labute approximate surface area is 308 Å². The fourth-order valence-corrected chi connectivity index (χ4v) is 9.77. The van der Waals surface area contributed by atoms with Gasteiger partial charge in [0.2, 0.25) is 5.95 Å². The Bertz CT molecular complexity index is 3320. The van der Waals surface area contributed by atoms with Crippen molar-refractivity contribution in [3.63, 3.8) is 0 Å². The number of benzene rings is 8. The summed E-state index contributed by atoms with van der Waals surface area (Å²) in [6.07, 6.45) is 0. The zero-order chi connectivity index (χ0) is 34.6. The molecule has 0 amide bonds. The van der Waals surface area contributed by atoms with Gasteiger partial charge in [-0.25, -0.2) is 9.97 Å². The van der Waals surface area contributed by atoms with E-state index in [0.29, 0.717) is 5.95 Å². The van der Waals surface area contributed by atoms with Gasteiger partial charge in [0, 0.05) is 53.4 Å². The lowest BCUT2D eigenvalue weighted by Crippen LogP contribution is -2.05. The van der Waals surface area contributed by atoms with Crippen molar-refractivity contribution in [2.24, 2.45) is 0 Å². The summed E-state index contributed by atoms with van der Waals surface area (Å²) in [5, 5.41) is 8.35. The van der Waals surface area contributed by atoms with Gasteiger partial charge in [0.25, 0.3) is 0 Å². The van der Waals surface area contributed by atoms with Crippen LogP contribution in [0.25, 0.3) is 99.3 Å². The molecule has 246 valence electrons. The summed E-state index contributed by atoms with van der Waals surface area (Å²) in [4.78, 5) is 13.2. The van der Waals surface area contributed by atoms with E-state index in [0.717, 1.165) is 38.9 Å². The first-order chi connectivity index (χ1) is 26.3. The van der Waals surface area contributed by atoms with Gasteiger partial charge >= 0.3 is 0 Å². The molecule has 0 unspecified atom stereocenters. The lowest BCUT2D eigenvalue weighted by molar-refractivity contribution is 1.01. The molecule has 4 heterocycles. The van der Waals surface area contributed by atoms with Crippen molar-refractivity contribution in [3.05, 3.63) is 170 Å². The minimum absolute atomic E-state index is 0.686. The van der Waals surface area contributed by atoms with E-state index < -0.39 is 0 Å². The third-order valence-electron chi connectivity index (χ3n) is 10.9. The highest BCUT2D eigenvalue weighted by Gasteiger charge is 2.24. The Balaban J connectivity index is 1.13. The van der Waals surface area contributed by atoms with E-state index in [1.54, 1.807) is 11.8 Å². The van der Waals surface area contributed by atoms with Crippen LogP contribution in [0.15, 0.2) is 180 Å². The Hall–Kier alpha value is -6.69. The highest BCUT2D eigenvalue weighted by atomic mass is 32.2. The molecule has 0 aliphatic carbocycles. The molecule has 0 spiro atoms. The normalized spacial score (nSPS) is 12.5. The molecule has 0 saturated heterocycles. The maximum absolute atomic E-state index is 5.43. The molecule has 0 bridgehead atoms. The second kappa shape index (κ2) is 10.9. The number of nitrogens with zero attached hydrogens (tertiary/aromatic N) is 4. The summed E-state index contributed by atoms with van der Waals surface area (Å²) in [6, 6.07) is 61.2. The quantitative estimate of drug-likeness (QED) is 0.185. The van der Waals surface area contributed by atoms with Gasteiger partial charge in [0.1, 0.15) is 0 Å². The molecule has 11 aromatic rings. The molecule has 53 heavy (non-hydrogen) atoms. The first kappa shape index (κ1) is 28.9. The average molecular weight is 693 g/mol. The zero-order valence-corrected chi connectivity index (χ0v) is 29.2. The van der Waals surface area contributed by atoms with Gasteiger partial charge in [-0.3, -0.25) is 4.57 Å². The molecule has 0 radical (unpaired) electrons. The molecule has 3 aromatic heterocycles. The Morgan fingerprint density at radius 1 is 0.415 bits per heavy atom. The van der Waals surface area contributed by atoms with Crippen LogP contribution in [0.2, 0.25) is 0 Å². The van der Waals surface area contributed by atoms with Crippen LogP contribution < -0.4 is 0 Å². The van der Waals surface area contributed by atoms with Crippen LogP contribution in [0.5, 0.6) is 0 Å². The highest BCUT2D eigenvalue weighted by molar-refractivity contribution is 7.99. The van der Waals surface area contributed by atoms with Gasteiger partial charge in [-0.05, 0) is 71.1 Å². The van der Waals surface area contributed by atoms with E-state index in [9.17, 15) is 0 Å². The maximum Gasteiger partial charge on any atom is 0.235 e. The third kappa shape index (κ3) is 4.08. The van der Waals surface area contributed by atoms with E-state index in [-0.39, 0.29) is 0 Å². The highest BCUT2D eigenvalue weighted by Crippen LogP contribution is 2.47. The van der Waals surface area contributed by atoms with Crippen molar-refractivity contribution in [1.29, 1.82) is 0 Å². The van der Waals surface area contributed by atoms with Gasteiger partial charge in [-0.1, -0.05) is 127 Å². The molecular formula is C48H28N4S. The van der Waals surface area contributed by atoms with Crippen LogP contribution in [0.3, 0.4) is 0 Å². The molecule has 8 aromatic carbocycles. The summed E-state index contributed by atoms with van der Waals surface area (Å²) >= 11 is 1.80. The van der Waals surface area contributed by atoms with Gasteiger partial charge in [0.05, 0.1) is 33.3 Å². The summed E-state index contributed by atoms with van der Waals surface area (Å²) in [5.41, 5.74) is 11.3. The second-order valence-corrected chi connectivity index (χ2v) is 14.8. The largest absolute Gasteiger partial charge is 0.309 e. The number of hydrogen-bond acceptors (Lipinski definition) is 3. The third-order valence-corrected chi connectivity index (χ3v) is 12.1. The lowest BCUT2D eigenvalue weighted by Gasteiger charge is -2.20. The van der Waals surface area contributed by atoms with E-state index in [4.69, 9.17) is 9.97 Å². The minimum Gasteiger partial charge on any atom is -0.309 e. The second-order valence-electron chi connectivity index (χ2n) is 13.8. The number of aromatic nitrogens is 4. The first-order valence-electron chi connectivity index (χ1n) is 17.9. The van der Waals surface area contributed by atoms with Crippen LogP contribution in [0.4, 0.5) is 0 Å². The topological polar surface area (TPSA) is 35.6 Å². The standard InChI is InChI=1S/C48H28N4S/c1-2-12-30(13-3-1)51-40-20-7-5-15-34(40)38-28-29(24-27-42(38)51)31-17-10-18-35-32(31)25-26-36-33-14-4-8-21-41(33)52(47(35)36)48-49-39-19-11-23-44-45(39)46(50-48)37-16-6-9-22-43(37)53-44/h1-28H. The first-order valence-corrected chi connectivity index (χ1v) is 18.7. The van der Waals surface area contributed by atoms with Gasteiger partial charge < -0.3 is 4.57 Å². The van der Waals surface area contributed by atoms with E-state index in [1.165, 1.54) is 64.3 Å². The Morgan fingerprint density at radius 3 is 1.94 bits per heavy atom. The van der Waals surface area contributed by atoms with Gasteiger partial charge in [-0.15, -0.1) is 0 Å². The maximum atomic E-state index is 5.43. The summed E-state index contributed by atoms with van der Waals surface area (Å²) in [5.74, 6) is 0.686. The number of fused-ring (bicyclic) bond motifs is 10. The van der Waals surface area contributed by atoms with Gasteiger partial charge in [0.15, 0.2) is 0 Å². The van der Waals surface area contributed by atoms with E-state index in [2.05, 4.69) is 179 Å². The molecule has 0 atom stereocenters. The monoisotopic (exact) mass is 692 g/mol. The fourth-order valence-electron chi connectivity index (χ4n) is 8.66. The van der Waals surface area contributed by atoms with Crippen molar-refractivity contribution >= 4 is 77.0 Å². The summed E-state index contributed by atoms with van der Waals surface area (Å²) in [7, 11) is 0. The fraction of sp³-hybridized carbons (Fsp3) is 0. The van der Waals surface area contributed by atoms with E-state index in [1.807, 2.05) is 0 Å². The van der Waals surface area contributed by atoms with Crippen LogP contribution in [-0.2, 0) is 0 Å². The summed E-state index contributed by atoms with van der Waals surface area (Å²) < 4.78 is 4.66. The number of hydrogen-bond donors (Lipinski definition) is 0. The smallest absolute Gasteiger partial charge is 0.235 e. The van der Waals surface area contributed by atoms with Crippen LogP contribution in [0.1, 0.15) is 0 Å². The molecule has 1 aliphatic heterocycles. The van der Waals surface area contributed by atoms with Crippen molar-refractivity contribution < 1.29 is 0 Å². The molecule has 4 nitrogen and oxygen atoms in total.